The van der Waals surface area contributed by atoms with Crippen LogP contribution in [0.25, 0.3) is 0 Å². The van der Waals surface area contributed by atoms with Crippen molar-refractivity contribution >= 4 is 23.5 Å². The Labute approximate surface area is 117 Å². The van der Waals surface area contributed by atoms with Gasteiger partial charge in [-0.2, -0.15) is 0 Å². The third-order valence-corrected chi connectivity index (χ3v) is 3.75. The van der Waals surface area contributed by atoms with Gasteiger partial charge in [-0.1, -0.05) is 18.5 Å². The number of nitrogens with zero attached hydrogens (tertiary/aromatic N) is 1. The Balaban J connectivity index is 2.09. The normalized spacial score (nSPS) is 22.4. The molecule has 0 bridgehead atoms. The maximum absolute atomic E-state index is 12.3. The molecule has 0 N–H and O–H groups in total. The van der Waals surface area contributed by atoms with Gasteiger partial charge in [-0.25, -0.2) is 0 Å². The van der Waals surface area contributed by atoms with Crippen LogP contribution in [0.2, 0.25) is 5.02 Å². The van der Waals surface area contributed by atoms with Gasteiger partial charge >= 0.3 is 5.97 Å². The van der Waals surface area contributed by atoms with Crippen LogP contribution in [-0.2, 0) is 9.53 Å². The molecule has 1 aliphatic heterocycles. The molecule has 19 heavy (non-hydrogen) atoms. The molecule has 0 saturated carbocycles. The largest absolute Gasteiger partial charge is 0.469 e. The molecule has 0 spiro atoms. The maximum Gasteiger partial charge on any atom is 0.310 e. The first kappa shape index (κ1) is 13.9. The van der Waals surface area contributed by atoms with Crippen LogP contribution in [-0.4, -0.2) is 37.0 Å². The van der Waals surface area contributed by atoms with Crippen molar-refractivity contribution in [3.05, 3.63) is 34.9 Å². The van der Waals surface area contributed by atoms with Gasteiger partial charge in [-0.3, -0.25) is 9.59 Å². The van der Waals surface area contributed by atoms with Crippen molar-refractivity contribution in [2.75, 3.05) is 20.2 Å². The third-order valence-electron chi connectivity index (χ3n) is 3.49. The number of amides is 1. The molecule has 0 aromatic heterocycles. The fraction of sp³-hybridized carbons (Fsp3) is 0.429. The zero-order chi connectivity index (χ0) is 14.0. The molecule has 1 amide bonds. The summed E-state index contributed by atoms with van der Waals surface area (Å²) >= 11 is 5.80. The molecule has 4 nitrogen and oxygen atoms in total. The lowest BCUT2D eigenvalue weighted by Crippen LogP contribution is -2.30. The van der Waals surface area contributed by atoms with E-state index in [0.29, 0.717) is 23.7 Å². The summed E-state index contributed by atoms with van der Waals surface area (Å²) in [7, 11) is 1.37. The van der Waals surface area contributed by atoms with Crippen molar-refractivity contribution in [1.82, 2.24) is 4.90 Å². The second-order valence-electron chi connectivity index (χ2n) is 4.82. The fourth-order valence-electron chi connectivity index (χ4n) is 2.37. The van der Waals surface area contributed by atoms with Crippen LogP contribution in [0.15, 0.2) is 24.3 Å². The van der Waals surface area contributed by atoms with E-state index in [2.05, 4.69) is 0 Å². The maximum atomic E-state index is 12.3. The average molecular weight is 282 g/mol. The molecule has 1 fully saturated rings. The molecule has 2 unspecified atom stereocenters. The number of likely N-dealkylation sites (tertiary alicyclic amines) is 1. The number of halogens is 1. The Kier molecular flexibility index (Phi) is 4.10. The van der Waals surface area contributed by atoms with Crippen LogP contribution in [0, 0.1) is 11.8 Å². The Morgan fingerprint density at radius 3 is 2.47 bits per heavy atom. The summed E-state index contributed by atoms with van der Waals surface area (Å²) in [5, 5.41) is 0.596. The average Bonchev–Trinajstić information content (AvgIpc) is 2.80. The summed E-state index contributed by atoms with van der Waals surface area (Å²) in [6, 6.07) is 6.76. The lowest BCUT2D eigenvalue weighted by atomic mass is 9.99. The molecular formula is C14H16ClNO3. The summed E-state index contributed by atoms with van der Waals surface area (Å²) < 4.78 is 4.76. The van der Waals surface area contributed by atoms with Crippen molar-refractivity contribution < 1.29 is 14.3 Å². The van der Waals surface area contributed by atoms with E-state index in [9.17, 15) is 9.59 Å². The highest BCUT2D eigenvalue weighted by Crippen LogP contribution is 2.25. The Morgan fingerprint density at radius 1 is 1.26 bits per heavy atom. The molecule has 0 radical (unpaired) electrons. The zero-order valence-corrected chi connectivity index (χ0v) is 11.7. The van der Waals surface area contributed by atoms with E-state index in [4.69, 9.17) is 16.3 Å². The minimum atomic E-state index is -0.251. The van der Waals surface area contributed by atoms with Crippen molar-refractivity contribution in [2.24, 2.45) is 11.8 Å². The van der Waals surface area contributed by atoms with Crippen LogP contribution in [0.1, 0.15) is 17.3 Å². The molecule has 1 aromatic rings. The van der Waals surface area contributed by atoms with E-state index < -0.39 is 0 Å². The SMILES string of the molecule is COC(=O)C1CN(C(=O)c2ccc(Cl)cc2)CC1C. The quantitative estimate of drug-likeness (QED) is 0.781. The molecule has 2 atom stereocenters. The molecular weight excluding hydrogens is 266 g/mol. The summed E-state index contributed by atoms with van der Waals surface area (Å²) in [5.41, 5.74) is 0.585. The number of hydrogen-bond acceptors (Lipinski definition) is 3. The van der Waals surface area contributed by atoms with Gasteiger partial charge in [0.15, 0.2) is 0 Å². The van der Waals surface area contributed by atoms with Gasteiger partial charge in [-0.15, -0.1) is 0 Å². The van der Waals surface area contributed by atoms with E-state index >= 15 is 0 Å². The Hall–Kier alpha value is -1.55. The van der Waals surface area contributed by atoms with Gasteiger partial charge < -0.3 is 9.64 Å². The van der Waals surface area contributed by atoms with Gasteiger partial charge in [-0.05, 0) is 30.2 Å². The van der Waals surface area contributed by atoms with Gasteiger partial charge in [0.1, 0.15) is 0 Å². The van der Waals surface area contributed by atoms with Crippen molar-refractivity contribution in [3.8, 4) is 0 Å². The van der Waals surface area contributed by atoms with Crippen LogP contribution in [0.5, 0.6) is 0 Å². The van der Waals surface area contributed by atoms with Crippen LogP contribution < -0.4 is 0 Å². The number of rotatable bonds is 2. The Bertz CT molecular complexity index is 486. The van der Waals surface area contributed by atoms with Gasteiger partial charge in [0.25, 0.3) is 5.91 Å². The third kappa shape index (κ3) is 2.89. The van der Waals surface area contributed by atoms with Crippen molar-refractivity contribution in [3.63, 3.8) is 0 Å². The number of carbonyl (C=O) groups is 2. The number of benzene rings is 1. The molecule has 2 rings (SSSR count). The first-order chi connectivity index (χ1) is 9.02. The van der Waals surface area contributed by atoms with Gasteiger partial charge in [0.2, 0.25) is 0 Å². The second-order valence-corrected chi connectivity index (χ2v) is 5.26. The topological polar surface area (TPSA) is 46.6 Å². The molecule has 102 valence electrons. The first-order valence-electron chi connectivity index (χ1n) is 6.15. The van der Waals surface area contributed by atoms with E-state index in [1.807, 2.05) is 6.92 Å². The highest BCUT2D eigenvalue weighted by Gasteiger charge is 2.37. The molecule has 5 heteroatoms. The summed E-state index contributed by atoms with van der Waals surface area (Å²) in [6.07, 6.45) is 0. The molecule has 1 heterocycles. The Morgan fingerprint density at radius 2 is 1.89 bits per heavy atom. The molecule has 0 aliphatic carbocycles. The lowest BCUT2D eigenvalue weighted by molar-refractivity contribution is -0.146. The van der Waals surface area contributed by atoms with Crippen LogP contribution >= 0.6 is 11.6 Å². The molecule has 1 aliphatic rings. The number of hydrogen-bond donors (Lipinski definition) is 0. The van der Waals surface area contributed by atoms with Crippen LogP contribution in [0.3, 0.4) is 0 Å². The lowest BCUT2D eigenvalue weighted by Gasteiger charge is -2.16. The first-order valence-corrected chi connectivity index (χ1v) is 6.53. The number of esters is 1. The molecule has 1 aromatic carbocycles. The standard InChI is InChI=1S/C14H16ClNO3/c1-9-7-16(8-12(9)14(18)19-2)13(17)10-3-5-11(15)6-4-10/h3-6,9,12H,7-8H2,1-2H3. The monoisotopic (exact) mass is 281 g/mol. The minimum Gasteiger partial charge on any atom is -0.469 e. The predicted molar refractivity (Wildman–Crippen MR) is 72.0 cm³/mol. The number of methoxy groups -OCH3 is 1. The second kappa shape index (κ2) is 5.61. The molecule has 1 saturated heterocycles. The summed E-state index contributed by atoms with van der Waals surface area (Å²) in [6.45, 7) is 2.94. The van der Waals surface area contributed by atoms with Gasteiger partial charge in [0.05, 0.1) is 13.0 Å². The highest BCUT2D eigenvalue weighted by molar-refractivity contribution is 6.30. The van der Waals surface area contributed by atoms with E-state index in [1.54, 1.807) is 29.2 Å². The van der Waals surface area contributed by atoms with E-state index in [0.717, 1.165) is 0 Å². The van der Waals surface area contributed by atoms with Crippen LogP contribution in [0.4, 0.5) is 0 Å². The smallest absolute Gasteiger partial charge is 0.310 e. The predicted octanol–water partition coefficient (Wildman–Crippen LogP) is 2.22. The van der Waals surface area contributed by atoms with E-state index in [-0.39, 0.29) is 23.7 Å². The number of carbonyl (C=O) groups excluding carboxylic acids is 2. The van der Waals surface area contributed by atoms with E-state index in [1.165, 1.54) is 7.11 Å². The van der Waals surface area contributed by atoms with Crippen molar-refractivity contribution in [2.45, 2.75) is 6.92 Å². The fourth-order valence-corrected chi connectivity index (χ4v) is 2.49. The summed E-state index contributed by atoms with van der Waals surface area (Å²) in [4.78, 5) is 25.6. The van der Waals surface area contributed by atoms with Crippen molar-refractivity contribution in [1.29, 1.82) is 0 Å². The minimum absolute atomic E-state index is 0.0741. The van der Waals surface area contributed by atoms with Gasteiger partial charge in [0, 0.05) is 23.7 Å². The number of ether oxygens (including phenoxy) is 1. The zero-order valence-electron chi connectivity index (χ0n) is 10.9. The summed E-state index contributed by atoms with van der Waals surface area (Å²) in [5.74, 6) is -0.446. The highest BCUT2D eigenvalue weighted by atomic mass is 35.5.